The standard InChI is InChI=1S/C11H25N3S/c1-5-7-8-13-11(12-6-2)14-9-10(3)15-4/h10H,5-9H2,1-4H3,(H2,12,13,14). The number of nitrogens with zero attached hydrogens (tertiary/aromatic N) is 1. The van der Waals surface area contributed by atoms with Gasteiger partial charge in [-0.3, -0.25) is 4.99 Å². The van der Waals surface area contributed by atoms with Gasteiger partial charge in [0, 0.05) is 18.3 Å². The van der Waals surface area contributed by atoms with Crippen molar-refractivity contribution in [2.75, 3.05) is 25.9 Å². The Morgan fingerprint density at radius 3 is 2.60 bits per heavy atom. The van der Waals surface area contributed by atoms with Gasteiger partial charge in [-0.1, -0.05) is 20.3 Å². The molecule has 15 heavy (non-hydrogen) atoms. The first-order valence-corrected chi connectivity index (χ1v) is 7.08. The van der Waals surface area contributed by atoms with Crippen LogP contribution in [0.5, 0.6) is 0 Å². The number of hydrogen-bond acceptors (Lipinski definition) is 2. The SMILES string of the molecule is CCCCNC(=NCC(C)SC)NCC. The zero-order valence-corrected chi connectivity index (χ0v) is 11.3. The molecule has 0 amide bonds. The average Bonchev–Trinajstić information content (AvgIpc) is 2.25. The molecule has 2 N–H and O–H groups in total. The van der Waals surface area contributed by atoms with Crippen LogP contribution in [0.15, 0.2) is 4.99 Å². The van der Waals surface area contributed by atoms with E-state index < -0.39 is 0 Å². The lowest BCUT2D eigenvalue weighted by Crippen LogP contribution is -2.38. The molecule has 0 fully saturated rings. The van der Waals surface area contributed by atoms with Crippen LogP contribution in [0.4, 0.5) is 0 Å². The molecule has 90 valence electrons. The predicted molar refractivity (Wildman–Crippen MR) is 71.9 cm³/mol. The van der Waals surface area contributed by atoms with Crippen LogP contribution in [0.1, 0.15) is 33.6 Å². The Kier molecular flexibility index (Phi) is 9.89. The maximum atomic E-state index is 4.53. The third-order valence-electron chi connectivity index (χ3n) is 2.08. The first kappa shape index (κ1) is 14.6. The fourth-order valence-corrected chi connectivity index (χ4v) is 1.24. The average molecular weight is 231 g/mol. The van der Waals surface area contributed by atoms with Gasteiger partial charge in [0.2, 0.25) is 0 Å². The maximum Gasteiger partial charge on any atom is 0.191 e. The largest absolute Gasteiger partial charge is 0.357 e. The van der Waals surface area contributed by atoms with Crippen molar-refractivity contribution in [2.45, 2.75) is 38.9 Å². The van der Waals surface area contributed by atoms with E-state index >= 15 is 0 Å². The van der Waals surface area contributed by atoms with Crippen LogP contribution >= 0.6 is 11.8 Å². The summed E-state index contributed by atoms with van der Waals surface area (Å²) in [5, 5.41) is 7.17. The van der Waals surface area contributed by atoms with Gasteiger partial charge in [-0.25, -0.2) is 0 Å². The Balaban J connectivity index is 3.89. The minimum atomic E-state index is 0.589. The van der Waals surface area contributed by atoms with Gasteiger partial charge >= 0.3 is 0 Å². The number of nitrogens with one attached hydrogen (secondary N) is 2. The molecule has 4 heteroatoms. The van der Waals surface area contributed by atoms with E-state index in [4.69, 9.17) is 0 Å². The van der Waals surface area contributed by atoms with E-state index in [1.54, 1.807) is 0 Å². The summed E-state index contributed by atoms with van der Waals surface area (Å²) in [4.78, 5) is 4.53. The summed E-state index contributed by atoms with van der Waals surface area (Å²) in [6.07, 6.45) is 4.54. The van der Waals surface area contributed by atoms with Crippen LogP contribution in [0.3, 0.4) is 0 Å². The first-order valence-electron chi connectivity index (χ1n) is 5.79. The lowest BCUT2D eigenvalue weighted by molar-refractivity contribution is 0.729. The summed E-state index contributed by atoms with van der Waals surface area (Å²) in [6.45, 7) is 9.30. The number of unbranched alkanes of at least 4 members (excludes halogenated alkanes) is 1. The zero-order valence-electron chi connectivity index (χ0n) is 10.5. The molecule has 0 saturated carbocycles. The van der Waals surface area contributed by atoms with Crippen molar-refractivity contribution in [3.05, 3.63) is 0 Å². The van der Waals surface area contributed by atoms with Gasteiger partial charge in [-0.15, -0.1) is 0 Å². The number of aliphatic imine (C=N–C) groups is 1. The Morgan fingerprint density at radius 2 is 2.07 bits per heavy atom. The second kappa shape index (κ2) is 10.1. The smallest absolute Gasteiger partial charge is 0.191 e. The zero-order chi connectivity index (χ0) is 11.5. The Morgan fingerprint density at radius 1 is 1.33 bits per heavy atom. The van der Waals surface area contributed by atoms with E-state index in [1.165, 1.54) is 12.8 Å². The maximum absolute atomic E-state index is 4.53. The van der Waals surface area contributed by atoms with E-state index in [0.717, 1.165) is 25.6 Å². The Hall–Kier alpha value is -0.380. The second-order valence-electron chi connectivity index (χ2n) is 3.55. The summed E-state index contributed by atoms with van der Waals surface area (Å²) >= 11 is 1.85. The van der Waals surface area contributed by atoms with Gasteiger partial charge in [0.25, 0.3) is 0 Å². The van der Waals surface area contributed by atoms with Gasteiger partial charge < -0.3 is 10.6 Å². The van der Waals surface area contributed by atoms with E-state index in [2.05, 4.69) is 42.7 Å². The Bertz CT molecular complexity index is 171. The quantitative estimate of drug-likeness (QED) is 0.400. The minimum absolute atomic E-state index is 0.589. The molecule has 1 atom stereocenters. The number of rotatable bonds is 7. The molecule has 0 spiro atoms. The molecule has 0 aliphatic heterocycles. The normalized spacial score (nSPS) is 13.7. The molecular formula is C11H25N3S. The third kappa shape index (κ3) is 8.60. The summed E-state index contributed by atoms with van der Waals surface area (Å²) in [7, 11) is 0. The van der Waals surface area contributed by atoms with Crippen LogP contribution in [-0.2, 0) is 0 Å². The van der Waals surface area contributed by atoms with Crippen LogP contribution in [0.2, 0.25) is 0 Å². The van der Waals surface area contributed by atoms with E-state index in [9.17, 15) is 0 Å². The van der Waals surface area contributed by atoms with E-state index in [1.807, 2.05) is 11.8 Å². The Labute approximate surface area is 98.5 Å². The van der Waals surface area contributed by atoms with Crippen LogP contribution < -0.4 is 10.6 Å². The number of hydrogen-bond donors (Lipinski definition) is 2. The molecule has 0 aliphatic rings. The summed E-state index contributed by atoms with van der Waals surface area (Å²) in [5.74, 6) is 0.951. The molecular weight excluding hydrogens is 206 g/mol. The highest BCUT2D eigenvalue weighted by atomic mass is 32.2. The molecule has 3 nitrogen and oxygen atoms in total. The van der Waals surface area contributed by atoms with Gasteiger partial charge in [0.15, 0.2) is 5.96 Å². The minimum Gasteiger partial charge on any atom is -0.357 e. The first-order chi connectivity index (χ1) is 7.24. The summed E-state index contributed by atoms with van der Waals surface area (Å²) in [5.41, 5.74) is 0. The van der Waals surface area contributed by atoms with E-state index in [-0.39, 0.29) is 0 Å². The highest BCUT2D eigenvalue weighted by molar-refractivity contribution is 7.99. The van der Waals surface area contributed by atoms with Gasteiger partial charge in [0.05, 0.1) is 6.54 Å². The van der Waals surface area contributed by atoms with Crippen molar-refractivity contribution >= 4 is 17.7 Å². The second-order valence-corrected chi connectivity index (χ2v) is 4.82. The van der Waals surface area contributed by atoms with E-state index in [0.29, 0.717) is 5.25 Å². The van der Waals surface area contributed by atoms with Crippen LogP contribution in [0, 0.1) is 0 Å². The molecule has 0 aromatic rings. The number of guanidine groups is 1. The topological polar surface area (TPSA) is 36.4 Å². The molecule has 0 aliphatic carbocycles. The highest BCUT2D eigenvalue weighted by Crippen LogP contribution is 2.04. The number of thioether (sulfide) groups is 1. The lowest BCUT2D eigenvalue weighted by Gasteiger charge is -2.12. The predicted octanol–water partition coefficient (Wildman–Crippen LogP) is 2.09. The van der Waals surface area contributed by atoms with Crippen molar-refractivity contribution in [3.63, 3.8) is 0 Å². The van der Waals surface area contributed by atoms with Crippen LogP contribution in [0.25, 0.3) is 0 Å². The molecule has 0 saturated heterocycles. The van der Waals surface area contributed by atoms with Gasteiger partial charge in [0.1, 0.15) is 0 Å². The molecule has 0 aromatic carbocycles. The van der Waals surface area contributed by atoms with Gasteiger partial charge in [-0.2, -0.15) is 11.8 Å². The van der Waals surface area contributed by atoms with Crippen LogP contribution in [-0.4, -0.2) is 37.1 Å². The fourth-order valence-electron chi connectivity index (χ4n) is 1.02. The molecule has 0 aromatic heterocycles. The monoisotopic (exact) mass is 231 g/mol. The van der Waals surface area contributed by atoms with Crippen molar-refractivity contribution < 1.29 is 0 Å². The van der Waals surface area contributed by atoms with Crippen molar-refractivity contribution in [1.82, 2.24) is 10.6 Å². The van der Waals surface area contributed by atoms with Crippen molar-refractivity contribution in [2.24, 2.45) is 4.99 Å². The lowest BCUT2D eigenvalue weighted by atomic mass is 10.3. The summed E-state index contributed by atoms with van der Waals surface area (Å²) < 4.78 is 0. The summed E-state index contributed by atoms with van der Waals surface area (Å²) in [6, 6.07) is 0. The third-order valence-corrected chi connectivity index (χ3v) is 3.03. The molecule has 0 heterocycles. The van der Waals surface area contributed by atoms with Gasteiger partial charge in [-0.05, 0) is 19.6 Å². The molecule has 1 unspecified atom stereocenters. The van der Waals surface area contributed by atoms with Crippen molar-refractivity contribution in [1.29, 1.82) is 0 Å². The molecule has 0 bridgehead atoms. The van der Waals surface area contributed by atoms with Crippen molar-refractivity contribution in [3.8, 4) is 0 Å². The molecule has 0 radical (unpaired) electrons. The fraction of sp³-hybridized carbons (Fsp3) is 0.909. The molecule has 0 rings (SSSR count). The highest BCUT2D eigenvalue weighted by Gasteiger charge is 1.99.